The van der Waals surface area contributed by atoms with E-state index in [2.05, 4.69) is 32.5 Å². The lowest BCUT2D eigenvalue weighted by atomic mass is 10.4. The summed E-state index contributed by atoms with van der Waals surface area (Å²) in [4.78, 5) is 23.3. The number of guanidine groups is 1. The molecule has 24 heavy (non-hydrogen) atoms. The molecule has 0 unspecified atom stereocenters. The Bertz CT molecular complexity index is 408. The van der Waals surface area contributed by atoms with Crippen LogP contribution in [0.3, 0.4) is 0 Å². The summed E-state index contributed by atoms with van der Waals surface area (Å²) in [6.45, 7) is 11.3. The van der Waals surface area contributed by atoms with Crippen molar-refractivity contribution in [2.24, 2.45) is 4.99 Å². The largest absolute Gasteiger partial charge is 0.357 e. The summed E-state index contributed by atoms with van der Waals surface area (Å²) < 4.78 is 0. The molecule has 138 valence electrons. The van der Waals surface area contributed by atoms with Crippen molar-refractivity contribution in [3.8, 4) is 0 Å². The second-order valence-electron chi connectivity index (χ2n) is 6.71. The molecule has 2 fully saturated rings. The second-order valence-corrected chi connectivity index (χ2v) is 6.71. The number of carbonyl (C=O) groups is 1. The maximum atomic E-state index is 12.1. The van der Waals surface area contributed by atoms with Crippen LogP contribution in [0.2, 0.25) is 0 Å². The fourth-order valence-electron chi connectivity index (χ4n) is 3.21. The molecule has 2 heterocycles. The fourth-order valence-corrected chi connectivity index (χ4v) is 3.21. The van der Waals surface area contributed by atoms with E-state index in [0.29, 0.717) is 0 Å². The van der Waals surface area contributed by atoms with Crippen LogP contribution >= 0.6 is 0 Å². The predicted octanol–water partition coefficient (Wildman–Crippen LogP) is -0.199. The van der Waals surface area contributed by atoms with E-state index in [0.717, 1.165) is 71.2 Å². The molecule has 2 saturated heterocycles. The minimum atomic E-state index is 0.139. The lowest BCUT2D eigenvalue weighted by Crippen LogP contribution is -2.43. The standard InChI is InChI=1S/C17H34N6O/c1-3-18-17(20-15-16(24)23-10-4-5-11-23)19-7-12-22-9-6-8-21(2)13-14-22/h3-15H2,1-2H3,(H2,18,19,20). The van der Waals surface area contributed by atoms with Gasteiger partial charge in [-0.3, -0.25) is 4.79 Å². The third-order valence-corrected chi connectivity index (χ3v) is 4.71. The number of rotatable bonds is 6. The Balaban J connectivity index is 1.71. The van der Waals surface area contributed by atoms with Gasteiger partial charge in [0.2, 0.25) is 5.91 Å². The van der Waals surface area contributed by atoms with Crippen molar-refractivity contribution in [3.63, 3.8) is 0 Å². The van der Waals surface area contributed by atoms with Crippen LogP contribution in [-0.2, 0) is 4.79 Å². The Morgan fingerprint density at radius 1 is 1.00 bits per heavy atom. The first-order chi connectivity index (χ1) is 11.7. The third-order valence-electron chi connectivity index (χ3n) is 4.71. The van der Waals surface area contributed by atoms with E-state index in [1.54, 1.807) is 0 Å². The highest BCUT2D eigenvalue weighted by atomic mass is 16.2. The fraction of sp³-hybridized carbons (Fsp3) is 0.882. The van der Waals surface area contributed by atoms with Crippen LogP contribution in [0.25, 0.3) is 0 Å². The quantitative estimate of drug-likeness (QED) is 0.519. The highest BCUT2D eigenvalue weighted by molar-refractivity contribution is 5.85. The van der Waals surface area contributed by atoms with Crippen LogP contribution in [0.1, 0.15) is 26.2 Å². The molecular weight excluding hydrogens is 304 g/mol. The minimum absolute atomic E-state index is 0.139. The molecule has 2 aliphatic rings. The molecule has 0 aliphatic carbocycles. The molecule has 0 saturated carbocycles. The van der Waals surface area contributed by atoms with Gasteiger partial charge in [-0.05, 0) is 46.3 Å². The average Bonchev–Trinajstić information content (AvgIpc) is 3.03. The van der Waals surface area contributed by atoms with Crippen LogP contribution < -0.4 is 10.6 Å². The van der Waals surface area contributed by atoms with Crippen LogP contribution in [0.15, 0.2) is 4.99 Å². The summed E-state index contributed by atoms with van der Waals surface area (Å²) in [5.41, 5.74) is 0. The van der Waals surface area contributed by atoms with E-state index < -0.39 is 0 Å². The Hall–Kier alpha value is -1.34. The normalized spacial score (nSPS) is 20.9. The van der Waals surface area contributed by atoms with Gasteiger partial charge in [-0.2, -0.15) is 0 Å². The summed E-state index contributed by atoms with van der Waals surface area (Å²) >= 11 is 0. The predicted molar refractivity (Wildman–Crippen MR) is 98.3 cm³/mol. The summed E-state index contributed by atoms with van der Waals surface area (Å²) in [5.74, 6) is 0.886. The van der Waals surface area contributed by atoms with E-state index in [-0.39, 0.29) is 12.5 Å². The average molecular weight is 339 g/mol. The SMILES string of the molecule is CCNC(=NCC(=O)N1CCCC1)NCCN1CCCN(C)CC1. The van der Waals surface area contributed by atoms with Crippen molar-refractivity contribution >= 4 is 11.9 Å². The van der Waals surface area contributed by atoms with Gasteiger partial charge in [-0.25, -0.2) is 4.99 Å². The van der Waals surface area contributed by atoms with Crippen LogP contribution in [-0.4, -0.2) is 99.1 Å². The zero-order chi connectivity index (χ0) is 17.2. The number of aliphatic imine (C=N–C) groups is 1. The lowest BCUT2D eigenvalue weighted by Gasteiger charge is -2.21. The molecule has 0 radical (unpaired) electrons. The van der Waals surface area contributed by atoms with Gasteiger partial charge >= 0.3 is 0 Å². The van der Waals surface area contributed by atoms with E-state index in [9.17, 15) is 4.79 Å². The maximum absolute atomic E-state index is 12.1. The molecule has 0 bridgehead atoms. The monoisotopic (exact) mass is 338 g/mol. The van der Waals surface area contributed by atoms with Crippen molar-refractivity contribution in [3.05, 3.63) is 0 Å². The topological polar surface area (TPSA) is 63.2 Å². The van der Waals surface area contributed by atoms with Gasteiger partial charge in [-0.15, -0.1) is 0 Å². The highest BCUT2D eigenvalue weighted by Gasteiger charge is 2.17. The molecule has 0 aromatic rings. The van der Waals surface area contributed by atoms with Crippen molar-refractivity contribution in [1.82, 2.24) is 25.3 Å². The van der Waals surface area contributed by atoms with E-state index in [4.69, 9.17) is 0 Å². The van der Waals surface area contributed by atoms with Crippen molar-refractivity contribution < 1.29 is 4.79 Å². The molecule has 1 amide bonds. The van der Waals surface area contributed by atoms with Gasteiger partial charge < -0.3 is 25.3 Å². The van der Waals surface area contributed by atoms with Crippen LogP contribution in [0, 0.1) is 0 Å². The van der Waals surface area contributed by atoms with Gasteiger partial charge in [0.05, 0.1) is 0 Å². The number of hydrogen-bond donors (Lipinski definition) is 2. The molecule has 0 atom stereocenters. The number of nitrogens with one attached hydrogen (secondary N) is 2. The smallest absolute Gasteiger partial charge is 0.244 e. The zero-order valence-electron chi connectivity index (χ0n) is 15.4. The molecule has 0 aromatic carbocycles. The summed E-state index contributed by atoms with van der Waals surface area (Å²) in [6, 6.07) is 0. The number of likely N-dealkylation sites (N-methyl/N-ethyl adjacent to an activating group) is 1. The summed E-state index contributed by atoms with van der Waals surface area (Å²) in [6.07, 6.45) is 3.48. The Morgan fingerprint density at radius 3 is 2.54 bits per heavy atom. The maximum Gasteiger partial charge on any atom is 0.244 e. The van der Waals surface area contributed by atoms with Gasteiger partial charge in [-0.1, -0.05) is 0 Å². The number of amides is 1. The molecule has 2 rings (SSSR count). The van der Waals surface area contributed by atoms with Crippen molar-refractivity contribution in [1.29, 1.82) is 0 Å². The molecule has 7 heteroatoms. The Morgan fingerprint density at radius 2 is 1.79 bits per heavy atom. The number of hydrogen-bond acceptors (Lipinski definition) is 4. The molecule has 0 aromatic heterocycles. The lowest BCUT2D eigenvalue weighted by molar-refractivity contribution is -0.128. The first-order valence-electron chi connectivity index (χ1n) is 9.40. The number of nitrogens with zero attached hydrogens (tertiary/aromatic N) is 4. The van der Waals surface area contributed by atoms with Gasteiger partial charge in [0, 0.05) is 45.8 Å². The molecule has 0 spiro atoms. The number of carbonyl (C=O) groups excluding carboxylic acids is 1. The molecule has 2 aliphatic heterocycles. The molecule has 7 nitrogen and oxygen atoms in total. The minimum Gasteiger partial charge on any atom is -0.357 e. The van der Waals surface area contributed by atoms with Gasteiger partial charge in [0.15, 0.2) is 5.96 Å². The number of likely N-dealkylation sites (tertiary alicyclic amines) is 1. The summed E-state index contributed by atoms with van der Waals surface area (Å²) in [5, 5.41) is 6.59. The van der Waals surface area contributed by atoms with E-state index in [1.807, 2.05) is 11.8 Å². The Kier molecular flexibility index (Phi) is 8.32. The van der Waals surface area contributed by atoms with Gasteiger partial charge in [0.1, 0.15) is 6.54 Å². The van der Waals surface area contributed by atoms with Gasteiger partial charge in [0.25, 0.3) is 0 Å². The van der Waals surface area contributed by atoms with Crippen LogP contribution in [0.5, 0.6) is 0 Å². The Labute approximate surface area is 146 Å². The first-order valence-corrected chi connectivity index (χ1v) is 9.40. The van der Waals surface area contributed by atoms with Crippen LogP contribution in [0.4, 0.5) is 0 Å². The highest BCUT2D eigenvalue weighted by Crippen LogP contribution is 2.07. The third kappa shape index (κ3) is 6.65. The summed E-state index contributed by atoms with van der Waals surface area (Å²) in [7, 11) is 2.19. The molecule has 2 N–H and O–H groups in total. The second kappa shape index (κ2) is 10.5. The first kappa shape index (κ1) is 19.0. The van der Waals surface area contributed by atoms with Crippen molar-refractivity contribution in [2.45, 2.75) is 26.2 Å². The van der Waals surface area contributed by atoms with Crippen molar-refractivity contribution in [2.75, 3.05) is 72.5 Å². The van der Waals surface area contributed by atoms with E-state index >= 15 is 0 Å². The zero-order valence-corrected chi connectivity index (χ0v) is 15.4. The van der Waals surface area contributed by atoms with E-state index in [1.165, 1.54) is 13.0 Å². The molecular formula is C17H34N6O.